The molecule has 27 heavy (non-hydrogen) atoms. The average molecular weight is 361 g/mol. The molecule has 7 heteroatoms. The zero-order chi connectivity index (χ0) is 18.8. The van der Waals surface area contributed by atoms with Gasteiger partial charge in [0, 0.05) is 47.8 Å². The number of carbonyl (C=O) groups is 1. The lowest BCUT2D eigenvalue weighted by atomic mass is 9.97. The Bertz CT molecular complexity index is 1030. The van der Waals surface area contributed by atoms with Gasteiger partial charge in [-0.3, -0.25) is 19.9 Å². The normalized spacial score (nSPS) is 11.7. The third kappa shape index (κ3) is 3.35. The Morgan fingerprint density at radius 1 is 1.15 bits per heavy atom. The summed E-state index contributed by atoms with van der Waals surface area (Å²) in [6.07, 6.45) is 3.52. The minimum Gasteiger partial charge on any atom is -0.488 e. The summed E-state index contributed by atoms with van der Waals surface area (Å²) in [5.74, 6) is 0.428. The number of hydrogen-bond acceptors (Lipinski definition) is 5. The van der Waals surface area contributed by atoms with E-state index in [0.29, 0.717) is 17.9 Å². The predicted octanol–water partition coefficient (Wildman–Crippen LogP) is 3.48. The van der Waals surface area contributed by atoms with Crippen molar-refractivity contribution >= 4 is 11.6 Å². The molecule has 0 saturated carbocycles. The fraction of sp³-hybridized carbons (Fsp3) is 0.100. The number of ether oxygens (including phenoxy) is 1. The SMILES string of the molecule is O=C(NCc1ccc([N+](=O)[O-])cc1)c1ccc2c(c1)OCc1cnccc1-2. The molecule has 1 aliphatic rings. The van der Waals surface area contributed by atoms with Crippen LogP contribution in [0, 0.1) is 10.1 Å². The molecule has 0 bridgehead atoms. The molecule has 7 nitrogen and oxygen atoms in total. The van der Waals surface area contributed by atoms with Gasteiger partial charge in [-0.2, -0.15) is 0 Å². The summed E-state index contributed by atoms with van der Waals surface area (Å²) in [5, 5.41) is 13.5. The van der Waals surface area contributed by atoms with E-state index in [-0.39, 0.29) is 18.1 Å². The van der Waals surface area contributed by atoms with Crippen molar-refractivity contribution in [2.45, 2.75) is 13.2 Å². The number of nitrogens with one attached hydrogen (secondary N) is 1. The molecule has 2 aromatic carbocycles. The van der Waals surface area contributed by atoms with Gasteiger partial charge in [-0.25, -0.2) is 0 Å². The molecule has 1 amide bonds. The fourth-order valence-corrected chi connectivity index (χ4v) is 2.99. The lowest BCUT2D eigenvalue weighted by Gasteiger charge is -2.20. The molecule has 134 valence electrons. The molecule has 0 spiro atoms. The van der Waals surface area contributed by atoms with E-state index in [9.17, 15) is 14.9 Å². The molecule has 0 unspecified atom stereocenters. The van der Waals surface area contributed by atoms with Gasteiger partial charge in [0.15, 0.2) is 0 Å². The number of amides is 1. The summed E-state index contributed by atoms with van der Waals surface area (Å²) < 4.78 is 5.76. The maximum atomic E-state index is 12.4. The summed E-state index contributed by atoms with van der Waals surface area (Å²) in [7, 11) is 0. The van der Waals surface area contributed by atoms with Gasteiger partial charge in [-0.15, -0.1) is 0 Å². The van der Waals surface area contributed by atoms with Gasteiger partial charge in [-0.05, 0) is 35.4 Å². The maximum Gasteiger partial charge on any atom is 0.269 e. The molecule has 1 aliphatic heterocycles. The van der Waals surface area contributed by atoms with Crippen molar-refractivity contribution in [2.75, 3.05) is 0 Å². The monoisotopic (exact) mass is 361 g/mol. The quantitative estimate of drug-likeness (QED) is 0.567. The first-order chi connectivity index (χ1) is 13.1. The van der Waals surface area contributed by atoms with Crippen LogP contribution in [0.15, 0.2) is 60.9 Å². The third-order valence-electron chi connectivity index (χ3n) is 4.42. The van der Waals surface area contributed by atoms with Crippen LogP contribution >= 0.6 is 0 Å². The molecular formula is C20H15N3O4. The lowest BCUT2D eigenvalue weighted by Crippen LogP contribution is -2.23. The third-order valence-corrected chi connectivity index (χ3v) is 4.42. The number of pyridine rings is 1. The Hall–Kier alpha value is -3.74. The van der Waals surface area contributed by atoms with E-state index in [1.54, 1.807) is 36.7 Å². The number of nitrogens with zero attached hydrogens (tertiary/aromatic N) is 2. The van der Waals surface area contributed by atoms with E-state index < -0.39 is 4.92 Å². The Morgan fingerprint density at radius 3 is 2.74 bits per heavy atom. The molecule has 0 saturated heterocycles. The van der Waals surface area contributed by atoms with Crippen LogP contribution in [0.5, 0.6) is 5.75 Å². The van der Waals surface area contributed by atoms with E-state index in [0.717, 1.165) is 22.3 Å². The Labute approximate surface area is 154 Å². The minimum absolute atomic E-state index is 0.0207. The molecule has 0 radical (unpaired) electrons. The number of carbonyl (C=O) groups excluding carboxylic acids is 1. The fourth-order valence-electron chi connectivity index (χ4n) is 2.99. The van der Waals surface area contributed by atoms with Gasteiger partial charge in [0.1, 0.15) is 12.4 Å². The van der Waals surface area contributed by atoms with Crippen LogP contribution < -0.4 is 10.1 Å². The molecule has 0 atom stereocenters. The van der Waals surface area contributed by atoms with Gasteiger partial charge >= 0.3 is 0 Å². The number of fused-ring (bicyclic) bond motifs is 3. The lowest BCUT2D eigenvalue weighted by molar-refractivity contribution is -0.384. The Kier molecular flexibility index (Phi) is 4.25. The number of nitro benzene ring substituents is 1. The average Bonchev–Trinajstić information content (AvgIpc) is 2.71. The number of aromatic nitrogens is 1. The van der Waals surface area contributed by atoms with Gasteiger partial charge in [0.2, 0.25) is 0 Å². The summed E-state index contributed by atoms with van der Waals surface area (Å²) in [4.78, 5) is 26.8. The summed E-state index contributed by atoms with van der Waals surface area (Å²) in [5.41, 5.74) is 4.31. The maximum absolute atomic E-state index is 12.4. The molecular weight excluding hydrogens is 346 g/mol. The Morgan fingerprint density at radius 2 is 1.96 bits per heavy atom. The van der Waals surface area contributed by atoms with Crippen molar-refractivity contribution in [3.05, 3.63) is 87.7 Å². The molecule has 4 rings (SSSR count). The first kappa shape index (κ1) is 16.7. The highest BCUT2D eigenvalue weighted by Crippen LogP contribution is 2.37. The van der Waals surface area contributed by atoms with Gasteiger partial charge in [0.05, 0.1) is 4.92 Å². The Balaban J connectivity index is 1.48. The molecule has 0 aliphatic carbocycles. The van der Waals surface area contributed by atoms with Crippen LogP contribution in [-0.2, 0) is 13.2 Å². The van der Waals surface area contributed by atoms with E-state index in [4.69, 9.17) is 4.74 Å². The second-order valence-corrected chi connectivity index (χ2v) is 6.14. The topological polar surface area (TPSA) is 94.4 Å². The van der Waals surface area contributed by atoms with Crippen LogP contribution in [0.2, 0.25) is 0 Å². The van der Waals surface area contributed by atoms with Crippen LogP contribution in [0.25, 0.3) is 11.1 Å². The number of nitro groups is 1. The number of non-ortho nitro benzene ring substituents is 1. The second kappa shape index (κ2) is 6.87. The van der Waals surface area contributed by atoms with Gasteiger partial charge < -0.3 is 10.1 Å². The zero-order valence-corrected chi connectivity index (χ0v) is 14.2. The minimum atomic E-state index is -0.455. The zero-order valence-electron chi connectivity index (χ0n) is 14.2. The van der Waals surface area contributed by atoms with Gasteiger partial charge in [0.25, 0.3) is 11.6 Å². The molecule has 0 fully saturated rings. The highest BCUT2D eigenvalue weighted by atomic mass is 16.6. The van der Waals surface area contributed by atoms with Crippen LogP contribution in [0.1, 0.15) is 21.5 Å². The van der Waals surface area contributed by atoms with E-state index in [1.807, 2.05) is 12.1 Å². The largest absolute Gasteiger partial charge is 0.488 e. The summed E-state index contributed by atoms with van der Waals surface area (Å²) >= 11 is 0. The number of rotatable bonds is 4. The van der Waals surface area contributed by atoms with E-state index >= 15 is 0 Å². The number of hydrogen-bond donors (Lipinski definition) is 1. The smallest absolute Gasteiger partial charge is 0.269 e. The highest BCUT2D eigenvalue weighted by Gasteiger charge is 2.19. The van der Waals surface area contributed by atoms with E-state index in [2.05, 4.69) is 10.3 Å². The van der Waals surface area contributed by atoms with Crippen LogP contribution in [-0.4, -0.2) is 15.8 Å². The summed E-state index contributed by atoms with van der Waals surface area (Å²) in [6, 6.07) is 13.4. The highest BCUT2D eigenvalue weighted by molar-refractivity contribution is 5.95. The summed E-state index contributed by atoms with van der Waals surface area (Å²) in [6.45, 7) is 0.702. The van der Waals surface area contributed by atoms with Crippen LogP contribution in [0.3, 0.4) is 0 Å². The van der Waals surface area contributed by atoms with Gasteiger partial charge in [-0.1, -0.05) is 12.1 Å². The van der Waals surface area contributed by atoms with Crippen molar-refractivity contribution in [2.24, 2.45) is 0 Å². The first-order valence-electron chi connectivity index (χ1n) is 8.33. The van der Waals surface area contributed by atoms with Crippen molar-refractivity contribution in [1.82, 2.24) is 10.3 Å². The van der Waals surface area contributed by atoms with Crippen molar-refractivity contribution in [3.63, 3.8) is 0 Å². The van der Waals surface area contributed by atoms with Crippen molar-refractivity contribution in [3.8, 4) is 16.9 Å². The molecule has 2 heterocycles. The molecule has 1 N–H and O–H groups in total. The first-order valence-corrected chi connectivity index (χ1v) is 8.33. The van der Waals surface area contributed by atoms with Crippen molar-refractivity contribution in [1.29, 1.82) is 0 Å². The van der Waals surface area contributed by atoms with E-state index in [1.165, 1.54) is 12.1 Å². The van der Waals surface area contributed by atoms with Crippen LogP contribution in [0.4, 0.5) is 5.69 Å². The second-order valence-electron chi connectivity index (χ2n) is 6.14. The molecule has 3 aromatic rings. The molecule has 1 aromatic heterocycles. The standard InChI is InChI=1S/C20H15N3O4/c24-20(22-10-13-1-4-16(5-2-13)23(25)26)14-3-6-18-17-7-8-21-11-15(17)12-27-19(18)9-14/h1-9,11H,10,12H2,(H,22,24). The van der Waals surface area contributed by atoms with Crippen molar-refractivity contribution < 1.29 is 14.5 Å². The number of benzene rings is 2. The predicted molar refractivity (Wildman–Crippen MR) is 98.3 cm³/mol.